The number of amides is 1. The molecule has 0 aliphatic carbocycles. The number of carbonyl (C=O) groups excluding carboxylic acids is 1. The smallest absolute Gasteiger partial charge is 0.240 e. The van der Waals surface area contributed by atoms with Gasteiger partial charge in [0.1, 0.15) is 5.25 Å². The molecular formula is C25H25N5O2S. The Hall–Kier alpha value is -3.36. The van der Waals surface area contributed by atoms with E-state index in [1.54, 1.807) is 0 Å². The lowest BCUT2D eigenvalue weighted by Gasteiger charge is -2.30. The Labute approximate surface area is 196 Å². The molecule has 8 heteroatoms. The number of morpholine rings is 1. The maximum Gasteiger partial charge on any atom is 0.240 e. The Kier molecular flexibility index (Phi) is 6.28. The molecule has 0 unspecified atom stereocenters. The molecule has 33 heavy (non-hydrogen) atoms. The molecule has 0 saturated carbocycles. The second-order valence-electron chi connectivity index (χ2n) is 7.93. The van der Waals surface area contributed by atoms with Gasteiger partial charge in [0.05, 0.1) is 13.2 Å². The van der Waals surface area contributed by atoms with Gasteiger partial charge in [0.2, 0.25) is 11.1 Å². The van der Waals surface area contributed by atoms with Crippen LogP contribution >= 0.6 is 11.8 Å². The predicted molar refractivity (Wildman–Crippen MR) is 129 cm³/mol. The highest BCUT2D eigenvalue weighted by Crippen LogP contribution is 2.36. The number of hydrogen-bond acceptors (Lipinski definition) is 6. The SMILES string of the molecule is Nn1c(Cc2cccc3ccccc23)nnc1S[C@@H](C(=O)N1CCOCC1)c1ccccc1. The van der Waals surface area contributed by atoms with Gasteiger partial charge in [-0.25, -0.2) is 4.68 Å². The largest absolute Gasteiger partial charge is 0.378 e. The first-order valence-corrected chi connectivity index (χ1v) is 11.8. The van der Waals surface area contributed by atoms with Crippen molar-refractivity contribution in [3.05, 3.63) is 89.7 Å². The zero-order valence-corrected chi connectivity index (χ0v) is 18.9. The molecule has 7 nitrogen and oxygen atoms in total. The van der Waals surface area contributed by atoms with Gasteiger partial charge < -0.3 is 15.5 Å². The average molecular weight is 460 g/mol. The second kappa shape index (κ2) is 9.64. The number of fused-ring (bicyclic) bond motifs is 1. The van der Waals surface area contributed by atoms with Crippen LogP contribution in [0.1, 0.15) is 22.2 Å². The third kappa shape index (κ3) is 4.58. The number of benzene rings is 3. The van der Waals surface area contributed by atoms with E-state index in [0.29, 0.717) is 43.7 Å². The van der Waals surface area contributed by atoms with Crippen molar-refractivity contribution < 1.29 is 9.53 Å². The lowest BCUT2D eigenvalue weighted by Crippen LogP contribution is -2.42. The number of nitrogens with two attached hydrogens (primary N) is 1. The summed E-state index contributed by atoms with van der Waals surface area (Å²) >= 11 is 1.34. The zero-order valence-electron chi connectivity index (χ0n) is 18.1. The standard InChI is InChI=1S/C25H25N5O2S/c26-30-22(17-20-11-6-10-18-7-4-5-12-21(18)20)27-28-25(30)33-23(19-8-2-1-3-9-19)24(31)29-13-15-32-16-14-29/h1-12,23H,13-17,26H2/t23-/m1/s1. The van der Waals surface area contributed by atoms with Crippen LogP contribution < -0.4 is 5.84 Å². The van der Waals surface area contributed by atoms with E-state index >= 15 is 0 Å². The molecule has 0 spiro atoms. The van der Waals surface area contributed by atoms with Crippen LogP contribution in [0, 0.1) is 0 Å². The van der Waals surface area contributed by atoms with E-state index in [1.165, 1.54) is 27.2 Å². The summed E-state index contributed by atoms with van der Waals surface area (Å²) in [7, 11) is 0. The maximum absolute atomic E-state index is 13.4. The number of ether oxygens (including phenoxy) is 1. The number of carbonyl (C=O) groups is 1. The van der Waals surface area contributed by atoms with Gasteiger partial charge in [0.25, 0.3) is 0 Å². The highest BCUT2D eigenvalue weighted by atomic mass is 32.2. The van der Waals surface area contributed by atoms with Gasteiger partial charge >= 0.3 is 0 Å². The number of aromatic nitrogens is 3. The van der Waals surface area contributed by atoms with Crippen molar-refractivity contribution >= 4 is 28.4 Å². The Morgan fingerprint density at radius 2 is 1.70 bits per heavy atom. The maximum atomic E-state index is 13.4. The normalized spacial score (nSPS) is 15.0. The molecule has 3 aromatic carbocycles. The molecular weight excluding hydrogens is 434 g/mol. The summed E-state index contributed by atoms with van der Waals surface area (Å²) in [4.78, 5) is 15.3. The van der Waals surface area contributed by atoms with E-state index in [9.17, 15) is 4.79 Å². The highest BCUT2D eigenvalue weighted by molar-refractivity contribution is 8.00. The lowest BCUT2D eigenvalue weighted by molar-refractivity contribution is -0.134. The summed E-state index contributed by atoms with van der Waals surface area (Å²) in [6, 6.07) is 24.2. The fraction of sp³-hybridized carbons (Fsp3) is 0.240. The van der Waals surface area contributed by atoms with E-state index in [-0.39, 0.29) is 5.91 Å². The minimum atomic E-state index is -0.457. The van der Waals surface area contributed by atoms with Crippen molar-refractivity contribution in [1.29, 1.82) is 0 Å². The van der Waals surface area contributed by atoms with Gasteiger partial charge in [-0.3, -0.25) is 4.79 Å². The minimum absolute atomic E-state index is 0.0353. The molecule has 1 amide bonds. The van der Waals surface area contributed by atoms with Crippen LogP contribution in [0.3, 0.4) is 0 Å². The first kappa shape index (κ1) is 21.5. The first-order valence-electron chi connectivity index (χ1n) is 10.9. The number of hydrogen-bond donors (Lipinski definition) is 1. The van der Waals surface area contributed by atoms with Gasteiger partial charge in [-0.05, 0) is 21.9 Å². The summed E-state index contributed by atoms with van der Waals surface area (Å²) in [5, 5.41) is 11.1. The van der Waals surface area contributed by atoms with Gasteiger partial charge in [-0.1, -0.05) is 84.6 Å². The van der Waals surface area contributed by atoms with Crippen molar-refractivity contribution in [2.45, 2.75) is 16.8 Å². The Morgan fingerprint density at radius 3 is 2.52 bits per heavy atom. The van der Waals surface area contributed by atoms with Crippen LogP contribution in [0.5, 0.6) is 0 Å². The van der Waals surface area contributed by atoms with Gasteiger partial charge in [-0.2, -0.15) is 0 Å². The van der Waals surface area contributed by atoms with Crippen LogP contribution in [0.2, 0.25) is 0 Å². The van der Waals surface area contributed by atoms with Crippen molar-refractivity contribution in [1.82, 2.24) is 19.8 Å². The van der Waals surface area contributed by atoms with Gasteiger partial charge in [-0.15, -0.1) is 10.2 Å². The minimum Gasteiger partial charge on any atom is -0.378 e. The second-order valence-corrected chi connectivity index (χ2v) is 9.00. The van der Waals surface area contributed by atoms with Crippen molar-refractivity contribution in [2.75, 3.05) is 32.1 Å². The van der Waals surface area contributed by atoms with E-state index in [4.69, 9.17) is 10.6 Å². The number of rotatable bonds is 6. The first-order chi connectivity index (χ1) is 16.2. The molecule has 168 valence electrons. The molecule has 1 atom stereocenters. The Morgan fingerprint density at radius 1 is 0.970 bits per heavy atom. The van der Waals surface area contributed by atoms with Crippen LogP contribution in [0.4, 0.5) is 0 Å². The Bertz CT molecular complexity index is 1250. The number of nitrogens with zero attached hydrogens (tertiary/aromatic N) is 4. The lowest BCUT2D eigenvalue weighted by atomic mass is 10.0. The summed E-state index contributed by atoms with van der Waals surface area (Å²) in [6.45, 7) is 2.29. The average Bonchev–Trinajstić information content (AvgIpc) is 3.22. The van der Waals surface area contributed by atoms with E-state index in [0.717, 1.165) is 11.1 Å². The third-order valence-corrected chi connectivity index (χ3v) is 7.03. The molecule has 5 rings (SSSR count). The van der Waals surface area contributed by atoms with E-state index in [2.05, 4.69) is 34.5 Å². The molecule has 2 heterocycles. The highest BCUT2D eigenvalue weighted by Gasteiger charge is 2.30. The molecule has 1 aromatic heterocycles. The van der Waals surface area contributed by atoms with Crippen LogP contribution in [0.25, 0.3) is 10.8 Å². The van der Waals surface area contributed by atoms with Crippen molar-refractivity contribution in [3.8, 4) is 0 Å². The monoisotopic (exact) mass is 459 g/mol. The topological polar surface area (TPSA) is 86.3 Å². The summed E-state index contributed by atoms with van der Waals surface area (Å²) in [5.74, 6) is 7.11. The summed E-state index contributed by atoms with van der Waals surface area (Å²) < 4.78 is 6.92. The van der Waals surface area contributed by atoms with Crippen molar-refractivity contribution in [3.63, 3.8) is 0 Å². The van der Waals surface area contributed by atoms with Crippen molar-refractivity contribution in [2.24, 2.45) is 0 Å². The third-order valence-electron chi connectivity index (χ3n) is 5.84. The van der Waals surface area contributed by atoms with Gasteiger partial charge in [0, 0.05) is 19.5 Å². The van der Waals surface area contributed by atoms with Crippen LogP contribution in [-0.4, -0.2) is 52.0 Å². The van der Waals surface area contributed by atoms with E-state index < -0.39 is 5.25 Å². The van der Waals surface area contributed by atoms with Crippen LogP contribution in [-0.2, 0) is 16.0 Å². The Balaban J connectivity index is 1.41. The van der Waals surface area contributed by atoms with E-state index in [1.807, 2.05) is 53.4 Å². The number of nitrogen functional groups attached to an aromatic ring is 1. The molecule has 2 N–H and O–H groups in total. The summed E-state index contributed by atoms with van der Waals surface area (Å²) in [6.07, 6.45) is 0.554. The quantitative estimate of drug-likeness (QED) is 0.351. The fourth-order valence-corrected chi connectivity index (χ4v) is 5.13. The molecule has 1 fully saturated rings. The molecule has 0 radical (unpaired) electrons. The van der Waals surface area contributed by atoms with Gasteiger partial charge in [0.15, 0.2) is 5.82 Å². The molecule has 0 bridgehead atoms. The molecule has 1 saturated heterocycles. The fourth-order valence-electron chi connectivity index (χ4n) is 4.07. The zero-order chi connectivity index (χ0) is 22.6. The molecule has 1 aliphatic rings. The predicted octanol–water partition coefficient (Wildman–Crippen LogP) is 3.43. The number of thioether (sulfide) groups is 1. The van der Waals surface area contributed by atoms with Crippen LogP contribution in [0.15, 0.2) is 78.0 Å². The summed E-state index contributed by atoms with van der Waals surface area (Å²) in [5.41, 5.74) is 2.05. The molecule has 4 aromatic rings. The molecule has 1 aliphatic heterocycles.